The maximum atomic E-state index is 12.6. The summed E-state index contributed by atoms with van der Waals surface area (Å²) in [6, 6.07) is 2.18. The van der Waals surface area contributed by atoms with E-state index in [9.17, 15) is 18.0 Å². The quantitative estimate of drug-likeness (QED) is 0.653. The molecule has 1 saturated heterocycles. The molecule has 2 aliphatic rings. The van der Waals surface area contributed by atoms with Gasteiger partial charge in [-0.25, -0.2) is 17.9 Å². The maximum absolute atomic E-state index is 12.6. The molecule has 1 unspecified atom stereocenters. The van der Waals surface area contributed by atoms with Gasteiger partial charge in [0.1, 0.15) is 4.90 Å². The molecule has 160 valence electrons. The molecule has 3 rings (SSSR count). The summed E-state index contributed by atoms with van der Waals surface area (Å²) >= 11 is 12.2. The number of rotatable bonds is 6. The molecule has 1 saturated carbocycles. The number of likely N-dealkylation sites (tertiary alicyclic amines) is 1. The van der Waals surface area contributed by atoms with Gasteiger partial charge in [0.25, 0.3) is 5.91 Å². The van der Waals surface area contributed by atoms with Crippen LogP contribution in [-0.4, -0.2) is 50.4 Å². The first kappa shape index (κ1) is 22.3. The van der Waals surface area contributed by atoms with Crippen molar-refractivity contribution in [1.29, 1.82) is 0 Å². The number of halogens is 2. The van der Waals surface area contributed by atoms with E-state index in [4.69, 9.17) is 27.9 Å². The van der Waals surface area contributed by atoms with Gasteiger partial charge in [0, 0.05) is 19.1 Å². The van der Waals surface area contributed by atoms with Gasteiger partial charge in [0.2, 0.25) is 10.0 Å². The van der Waals surface area contributed by atoms with E-state index in [2.05, 4.69) is 4.72 Å². The van der Waals surface area contributed by atoms with E-state index in [1.54, 1.807) is 4.90 Å². The normalized spacial score (nSPS) is 18.8. The van der Waals surface area contributed by atoms with Gasteiger partial charge in [0.05, 0.1) is 15.6 Å². The number of hydrogen-bond donors (Lipinski definition) is 1. The number of esters is 1. The lowest BCUT2D eigenvalue weighted by Gasteiger charge is -2.24. The summed E-state index contributed by atoms with van der Waals surface area (Å²) < 4.78 is 32.8. The Bertz CT molecular complexity index is 894. The van der Waals surface area contributed by atoms with Gasteiger partial charge in [-0.15, -0.1) is 0 Å². The molecule has 1 aliphatic carbocycles. The van der Waals surface area contributed by atoms with Crippen LogP contribution in [0.2, 0.25) is 10.0 Å². The van der Waals surface area contributed by atoms with Crippen molar-refractivity contribution in [2.24, 2.45) is 0 Å². The van der Waals surface area contributed by atoms with Crippen LogP contribution in [0.1, 0.15) is 55.8 Å². The fraction of sp³-hybridized carbons (Fsp3) is 0.579. The molecule has 1 aromatic carbocycles. The van der Waals surface area contributed by atoms with Crippen LogP contribution in [0.25, 0.3) is 0 Å². The third-order valence-electron chi connectivity index (χ3n) is 4.98. The number of carbonyl (C=O) groups is 2. The third kappa shape index (κ3) is 5.63. The number of carbonyl (C=O) groups excluding carboxylic acids is 2. The van der Waals surface area contributed by atoms with Crippen LogP contribution in [0.4, 0.5) is 0 Å². The molecule has 1 amide bonds. The molecule has 29 heavy (non-hydrogen) atoms. The van der Waals surface area contributed by atoms with E-state index >= 15 is 0 Å². The van der Waals surface area contributed by atoms with Crippen LogP contribution < -0.4 is 4.72 Å². The second-order valence-electron chi connectivity index (χ2n) is 7.45. The van der Waals surface area contributed by atoms with E-state index < -0.39 is 22.1 Å². The van der Waals surface area contributed by atoms with Crippen LogP contribution in [0.15, 0.2) is 17.0 Å². The topological polar surface area (TPSA) is 92.8 Å². The molecule has 2 fully saturated rings. The van der Waals surface area contributed by atoms with Crippen molar-refractivity contribution in [3.05, 3.63) is 27.7 Å². The summed E-state index contributed by atoms with van der Waals surface area (Å²) in [6.07, 6.45) is 4.51. The van der Waals surface area contributed by atoms with Crippen LogP contribution >= 0.6 is 23.2 Å². The Morgan fingerprint density at radius 2 is 1.72 bits per heavy atom. The van der Waals surface area contributed by atoms with E-state index in [1.165, 1.54) is 13.0 Å². The van der Waals surface area contributed by atoms with E-state index in [0.717, 1.165) is 44.6 Å². The molecule has 0 radical (unpaired) electrons. The monoisotopic (exact) mass is 462 g/mol. The Hall–Kier alpha value is -1.35. The Morgan fingerprint density at radius 1 is 1.10 bits per heavy atom. The average molecular weight is 463 g/mol. The fourth-order valence-corrected chi connectivity index (χ4v) is 5.35. The fourth-order valence-electron chi connectivity index (χ4n) is 3.20. The summed E-state index contributed by atoms with van der Waals surface area (Å²) in [5.74, 6) is -1.14. The molecule has 1 heterocycles. The number of benzene rings is 1. The molecule has 1 aromatic rings. The van der Waals surface area contributed by atoms with Gasteiger partial charge in [-0.1, -0.05) is 36.0 Å². The van der Waals surface area contributed by atoms with Crippen LogP contribution in [0.5, 0.6) is 0 Å². The third-order valence-corrected chi connectivity index (χ3v) is 7.28. The maximum Gasteiger partial charge on any atom is 0.340 e. The van der Waals surface area contributed by atoms with Crippen molar-refractivity contribution in [3.8, 4) is 0 Å². The molecule has 0 spiro atoms. The lowest BCUT2D eigenvalue weighted by atomic mass is 10.2. The highest BCUT2D eigenvalue weighted by molar-refractivity contribution is 7.89. The first-order valence-corrected chi connectivity index (χ1v) is 11.9. The number of nitrogens with zero attached hydrogens (tertiary/aromatic N) is 1. The Kier molecular flexibility index (Phi) is 7.09. The van der Waals surface area contributed by atoms with Gasteiger partial charge < -0.3 is 9.64 Å². The highest BCUT2D eigenvalue weighted by Crippen LogP contribution is 2.31. The highest BCUT2D eigenvalue weighted by atomic mass is 35.5. The Labute approximate surface area is 180 Å². The molecule has 10 heteroatoms. The van der Waals surface area contributed by atoms with Crippen molar-refractivity contribution < 1.29 is 22.7 Å². The standard InChI is InChI=1S/C19H24Cl2N2O5S/c1-12(18(24)23-8-4-2-3-5-9-23)28-19(25)14-10-17(16(21)11-15(14)20)29(26,27)22-13-6-7-13/h10-13,22H,2-9H2,1H3. The molecule has 1 atom stereocenters. The molecular weight excluding hydrogens is 439 g/mol. The summed E-state index contributed by atoms with van der Waals surface area (Å²) in [5, 5.41) is -0.131. The average Bonchev–Trinajstić information content (AvgIpc) is 3.47. The number of sulfonamides is 1. The molecule has 1 N–H and O–H groups in total. The van der Waals surface area contributed by atoms with Gasteiger partial charge in [0.15, 0.2) is 6.10 Å². The second-order valence-corrected chi connectivity index (χ2v) is 9.94. The zero-order chi connectivity index (χ0) is 21.2. The van der Waals surface area contributed by atoms with Gasteiger partial charge in [-0.05, 0) is 44.7 Å². The lowest BCUT2D eigenvalue weighted by molar-refractivity contribution is -0.139. The zero-order valence-corrected chi connectivity index (χ0v) is 18.4. The Balaban J connectivity index is 1.75. The minimum absolute atomic E-state index is 0.0419. The largest absolute Gasteiger partial charge is 0.449 e. The van der Waals surface area contributed by atoms with E-state index in [1.807, 2.05) is 0 Å². The van der Waals surface area contributed by atoms with Crippen LogP contribution in [0, 0.1) is 0 Å². The summed E-state index contributed by atoms with van der Waals surface area (Å²) in [6.45, 7) is 2.77. The van der Waals surface area contributed by atoms with E-state index in [-0.39, 0.29) is 32.5 Å². The number of ether oxygens (including phenoxy) is 1. The SMILES string of the molecule is CC(OC(=O)c1cc(S(=O)(=O)NC2CC2)c(Cl)cc1Cl)C(=O)N1CCCCCC1. The summed E-state index contributed by atoms with van der Waals surface area (Å²) in [5.41, 5.74) is -0.150. The first-order chi connectivity index (χ1) is 13.7. The van der Waals surface area contributed by atoms with Gasteiger partial charge in [-0.2, -0.15) is 0 Å². The molecule has 0 aromatic heterocycles. The number of hydrogen-bond acceptors (Lipinski definition) is 5. The van der Waals surface area contributed by atoms with E-state index in [0.29, 0.717) is 13.1 Å². The zero-order valence-electron chi connectivity index (χ0n) is 16.1. The summed E-state index contributed by atoms with van der Waals surface area (Å²) in [4.78, 5) is 26.7. The first-order valence-electron chi connectivity index (χ1n) is 9.70. The van der Waals surface area contributed by atoms with Gasteiger partial charge in [-0.3, -0.25) is 4.79 Å². The minimum Gasteiger partial charge on any atom is -0.449 e. The lowest BCUT2D eigenvalue weighted by Crippen LogP contribution is -2.40. The van der Waals surface area contributed by atoms with Crippen molar-refractivity contribution in [2.75, 3.05) is 13.1 Å². The highest BCUT2D eigenvalue weighted by Gasteiger charge is 2.31. The van der Waals surface area contributed by atoms with Crippen molar-refractivity contribution in [3.63, 3.8) is 0 Å². The molecule has 1 aliphatic heterocycles. The molecule has 0 bridgehead atoms. The number of amides is 1. The predicted octanol–water partition coefficient (Wildman–Crippen LogP) is 3.38. The molecule has 7 nitrogen and oxygen atoms in total. The van der Waals surface area contributed by atoms with Crippen LogP contribution in [-0.2, 0) is 19.6 Å². The van der Waals surface area contributed by atoms with Crippen molar-refractivity contribution in [1.82, 2.24) is 9.62 Å². The smallest absolute Gasteiger partial charge is 0.340 e. The Morgan fingerprint density at radius 3 is 2.31 bits per heavy atom. The van der Waals surface area contributed by atoms with Gasteiger partial charge >= 0.3 is 5.97 Å². The minimum atomic E-state index is -3.89. The van der Waals surface area contributed by atoms with Crippen molar-refractivity contribution >= 4 is 45.1 Å². The molecular formula is C19H24Cl2N2O5S. The summed E-state index contributed by atoms with van der Waals surface area (Å²) in [7, 11) is -3.89. The van der Waals surface area contributed by atoms with Crippen LogP contribution in [0.3, 0.4) is 0 Å². The van der Waals surface area contributed by atoms with Crippen molar-refractivity contribution in [2.45, 2.75) is 62.5 Å². The number of nitrogens with one attached hydrogen (secondary N) is 1. The predicted molar refractivity (Wildman–Crippen MR) is 110 cm³/mol. The second kappa shape index (κ2) is 9.20.